The van der Waals surface area contributed by atoms with E-state index in [-0.39, 0.29) is 11.4 Å². The van der Waals surface area contributed by atoms with E-state index in [1.807, 2.05) is 6.07 Å². The zero-order chi connectivity index (χ0) is 10.1. The summed E-state index contributed by atoms with van der Waals surface area (Å²) in [5.74, 6) is 0.438. The summed E-state index contributed by atoms with van der Waals surface area (Å²) in [7, 11) is 0. The first-order valence-electron chi connectivity index (χ1n) is 4.02. The third kappa shape index (κ3) is 1.17. The molecule has 0 spiro atoms. The summed E-state index contributed by atoms with van der Waals surface area (Å²) in [5.41, 5.74) is 3.86. The summed E-state index contributed by atoms with van der Waals surface area (Å²) < 4.78 is 5.13. The van der Waals surface area contributed by atoms with E-state index >= 15 is 0 Å². The molecule has 0 amide bonds. The third-order valence-corrected chi connectivity index (χ3v) is 1.86. The van der Waals surface area contributed by atoms with Crippen molar-refractivity contribution in [2.24, 2.45) is 0 Å². The first-order chi connectivity index (χ1) is 6.70. The van der Waals surface area contributed by atoms with Crippen molar-refractivity contribution in [3.05, 3.63) is 50.8 Å². The molecule has 4 nitrogen and oxygen atoms in total. The molecule has 0 atom stereocenters. The quantitative estimate of drug-likeness (QED) is 0.704. The van der Waals surface area contributed by atoms with Gasteiger partial charge in [-0.25, -0.2) is 0 Å². The Balaban J connectivity index is 2.30. The number of hydrogen-bond acceptors (Lipinski definition) is 4. The normalized spacial score (nSPS) is 10.3. The molecule has 0 aliphatic heterocycles. The van der Waals surface area contributed by atoms with Gasteiger partial charge in [0.25, 0.3) is 10.9 Å². The zero-order valence-electron chi connectivity index (χ0n) is 7.19. The van der Waals surface area contributed by atoms with Gasteiger partial charge in [0.15, 0.2) is 0 Å². The standard InChI is InChI=1S/C10H7NO3/c11-7-8(12)9(13)10(7)14-6-4-2-1-3-5-6/h1-5H,11H2. The van der Waals surface area contributed by atoms with Crippen molar-refractivity contribution in [1.82, 2.24) is 0 Å². The number of nitrogens with two attached hydrogens (primary N) is 1. The number of ether oxygens (including phenoxy) is 1. The van der Waals surface area contributed by atoms with Gasteiger partial charge >= 0.3 is 0 Å². The highest BCUT2D eigenvalue weighted by Gasteiger charge is 2.19. The average Bonchev–Trinajstić information content (AvgIpc) is 2.26. The Morgan fingerprint density at radius 2 is 1.64 bits per heavy atom. The number of rotatable bonds is 2. The molecule has 0 bridgehead atoms. The van der Waals surface area contributed by atoms with E-state index in [9.17, 15) is 9.59 Å². The van der Waals surface area contributed by atoms with Crippen molar-refractivity contribution in [3.8, 4) is 11.5 Å². The summed E-state index contributed by atoms with van der Waals surface area (Å²) in [5, 5.41) is 0. The lowest BCUT2D eigenvalue weighted by atomic mass is 10.2. The van der Waals surface area contributed by atoms with Crippen molar-refractivity contribution in [1.29, 1.82) is 0 Å². The Bertz CT molecular complexity index is 524. The monoisotopic (exact) mass is 189 g/mol. The summed E-state index contributed by atoms with van der Waals surface area (Å²) in [6.07, 6.45) is 0. The van der Waals surface area contributed by atoms with Crippen molar-refractivity contribution >= 4 is 5.69 Å². The molecule has 2 aromatic rings. The molecule has 2 N–H and O–H groups in total. The molecular formula is C10H7NO3. The largest absolute Gasteiger partial charge is 0.451 e. The van der Waals surface area contributed by atoms with Crippen molar-refractivity contribution in [2.75, 3.05) is 5.73 Å². The van der Waals surface area contributed by atoms with Crippen LogP contribution in [0.3, 0.4) is 0 Å². The van der Waals surface area contributed by atoms with E-state index in [0.717, 1.165) is 0 Å². The van der Waals surface area contributed by atoms with Crippen LogP contribution >= 0.6 is 0 Å². The molecule has 2 aromatic carbocycles. The third-order valence-electron chi connectivity index (χ3n) is 1.86. The molecule has 0 saturated carbocycles. The molecule has 0 saturated heterocycles. The second-order valence-electron chi connectivity index (χ2n) is 2.82. The minimum atomic E-state index is -0.670. The number of para-hydroxylation sites is 1. The Hall–Kier alpha value is -2.10. The fourth-order valence-corrected chi connectivity index (χ4v) is 1.10. The molecular weight excluding hydrogens is 182 g/mol. The van der Waals surface area contributed by atoms with Gasteiger partial charge in [-0.05, 0) is 12.1 Å². The summed E-state index contributed by atoms with van der Waals surface area (Å²) in [6, 6.07) is 8.69. The highest BCUT2D eigenvalue weighted by atomic mass is 16.5. The molecule has 0 unspecified atom stereocenters. The van der Waals surface area contributed by atoms with Crippen LogP contribution in [0.2, 0.25) is 0 Å². The van der Waals surface area contributed by atoms with Crippen LogP contribution in [0.25, 0.3) is 0 Å². The van der Waals surface area contributed by atoms with E-state index in [0.29, 0.717) is 5.75 Å². The molecule has 2 rings (SSSR count). The maximum Gasteiger partial charge on any atom is 0.272 e. The number of anilines is 1. The van der Waals surface area contributed by atoms with Crippen LogP contribution in [0, 0.1) is 0 Å². The summed E-state index contributed by atoms with van der Waals surface area (Å²) in [4.78, 5) is 21.7. The van der Waals surface area contributed by atoms with Crippen LogP contribution in [0.1, 0.15) is 0 Å². The Labute approximate surface area is 79.2 Å². The first kappa shape index (κ1) is 8.50. The maximum absolute atomic E-state index is 11.0. The summed E-state index contributed by atoms with van der Waals surface area (Å²) in [6.45, 7) is 0. The second-order valence-corrected chi connectivity index (χ2v) is 2.82. The molecule has 0 radical (unpaired) electrons. The summed E-state index contributed by atoms with van der Waals surface area (Å²) >= 11 is 0. The molecule has 0 fully saturated rings. The lowest BCUT2D eigenvalue weighted by molar-refractivity contribution is 0.475. The second kappa shape index (κ2) is 2.99. The minimum Gasteiger partial charge on any atom is -0.451 e. The Kier molecular flexibility index (Phi) is 1.81. The van der Waals surface area contributed by atoms with Crippen molar-refractivity contribution in [2.45, 2.75) is 0 Å². The van der Waals surface area contributed by atoms with Gasteiger partial charge in [-0.1, -0.05) is 18.2 Å². The van der Waals surface area contributed by atoms with E-state index in [2.05, 4.69) is 0 Å². The highest BCUT2D eigenvalue weighted by molar-refractivity contribution is 5.59. The molecule has 70 valence electrons. The molecule has 0 aliphatic rings. The van der Waals surface area contributed by atoms with Gasteiger partial charge in [-0.3, -0.25) is 9.59 Å². The zero-order valence-corrected chi connectivity index (χ0v) is 7.19. The highest BCUT2D eigenvalue weighted by Crippen LogP contribution is 2.21. The van der Waals surface area contributed by atoms with Gasteiger partial charge in [0.2, 0.25) is 5.75 Å². The Morgan fingerprint density at radius 3 is 2.21 bits per heavy atom. The van der Waals surface area contributed by atoms with Gasteiger partial charge in [0.05, 0.1) is 0 Å². The molecule has 0 aromatic heterocycles. The topological polar surface area (TPSA) is 69.4 Å². The number of hydrogen-bond donors (Lipinski definition) is 1. The minimum absolute atomic E-state index is 0.0544. The van der Waals surface area contributed by atoms with Crippen LogP contribution in [-0.2, 0) is 0 Å². The molecule has 0 heterocycles. The van der Waals surface area contributed by atoms with E-state index < -0.39 is 10.9 Å². The van der Waals surface area contributed by atoms with E-state index in [4.69, 9.17) is 10.5 Å². The van der Waals surface area contributed by atoms with Gasteiger partial charge in [0, 0.05) is 0 Å². The van der Waals surface area contributed by atoms with Crippen molar-refractivity contribution < 1.29 is 4.74 Å². The van der Waals surface area contributed by atoms with Crippen LogP contribution in [0.4, 0.5) is 5.69 Å². The predicted octanol–water partition coefficient (Wildman–Crippen LogP) is 0.657. The lowest BCUT2D eigenvalue weighted by Gasteiger charge is -2.07. The van der Waals surface area contributed by atoms with Gasteiger partial charge < -0.3 is 10.5 Å². The maximum atomic E-state index is 11.0. The van der Waals surface area contributed by atoms with Crippen LogP contribution in [0.5, 0.6) is 11.5 Å². The van der Waals surface area contributed by atoms with E-state index in [1.54, 1.807) is 24.3 Å². The number of benzene rings is 1. The molecule has 14 heavy (non-hydrogen) atoms. The predicted molar refractivity (Wildman–Crippen MR) is 52.3 cm³/mol. The van der Waals surface area contributed by atoms with Gasteiger partial charge in [-0.2, -0.15) is 0 Å². The van der Waals surface area contributed by atoms with Crippen LogP contribution < -0.4 is 21.3 Å². The fourth-order valence-electron chi connectivity index (χ4n) is 1.10. The average molecular weight is 189 g/mol. The van der Waals surface area contributed by atoms with Crippen molar-refractivity contribution in [3.63, 3.8) is 0 Å². The van der Waals surface area contributed by atoms with Crippen LogP contribution in [0.15, 0.2) is 39.9 Å². The molecule has 0 aliphatic carbocycles. The number of nitrogen functional groups attached to an aromatic ring is 1. The fraction of sp³-hybridized carbons (Fsp3) is 0. The molecule has 4 heteroatoms. The van der Waals surface area contributed by atoms with E-state index in [1.165, 1.54) is 0 Å². The smallest absolute Gasteiger partial charge is 0.272 e. The Morgan fingerprint density at radius 1 is 1.00 bits per heavy atom. The van der Waals surface area contributed by atoms with Gasteiger partial charge in [0.1, 0.15) is 11.4 Å². The lowest BCUT2D eigenvalue weighted by Crippen LogP contribution is -2.34. The van der Waals surface area contributed by atoms with Crippen LogP contribution in [-0.4, -0.2) is 0 Å². The SMILES string of the molecule is Nc1c(Oc2ccccc2)c(=O)c1=O. The first-order valence-corrected chi connectivity index (χ1v) is 4.02. The van der Waals surface area contributed by atoms with Gasteiger partial charge in [-0.15, -0.1) is 0 Å².